The van der Waals surface area contributed by atoms with E-state index in [4.69, 9.17) is 0 Å². The lowest BCUT2D eigenvalue weighted by atomic mass is 10.1. The van der Waals surface area contributed by atoms with Crippen molar-refractivity contribution < 1.29 is 9.31 Å². The van der Waals surface area contributed by atoms with E-state index < -0.39 is 0 Å². The van der Waals surface area contributed by atoms with E-state index in [1.807, 2.05) is 11.4 Å². The summed E-state index contributed by atoms with van der Waals surface area (Å²) in [4.78, 5) is 16.2. The van der Waals surface area contributed by atoms with Gasteiger partial charge in [-0.1, -0.05) is 49.9 Å². The summed E-state index contributed by atoms with van der Waals surface area (Å²) in [6.45, 7) is 0. The van der Waals surface area contributed by atoms with Crippen LogP contribution in [0.4, 0.5) is 15.8 Å². The zero-order valence-corrected chi connectivity index (χ0v) is 16.8. The first-order chi connectivity index (χ1) is 14.1. The van der Waals surface area contributed by atoms with Gasteiger partial charge in [0, 0.05) is 29.1 Å². The number of rotatable bonds is 4. The van der Waals surface area contributed by atoms with Crippen molar-refractivity contribution in [1.82, 2.24) is 4.57 Å². The Morgan fingerprint density at radius 3 is 2.55 bits per heavy atom. The molecule has 29 heavy (non-hydrogen) atoms. The van der Waals surface area contributed by atoms with Crippen molar-refractivity contribution in [2.75, 3.05) is 0 Å². The summed E-state index contributed by atoms with van der Waals surface area (Å²) in [6, 6.07) is 13.4. The van der Waals surface area contributed by atoms with E-state index in [9.17, 15) is 14.5 Å². The molecule has 4 rings (SSSR count). The molecule has 150 valence electrons. The second-order valence-corrected chi connectivity index (χ2v) is 8.13. The van der Waals surface area contributed by atoms with Crippen LogP contribution < -0.4 is 4.80 Å². The Morgan fingerprint density at radius 1 is 1.07 bits per heavy atom. The number of nitrogens with zero attached hydrogens (tertiary/aromatic N) is 3. The van der Waals surface area contributed by atoms with Gasteiger partial charge in [0.25, 0.3) is 5.69 Å². The number of nitro benzene ring substituents is 1. The Bertz CT molecular complexity index is 1080. The van der Waals surface area contributed by atoms with Crippen molar-refractivity contribution in [2.45, 2.75) is 44.6 Å². The largest absolute Gasteiger partial charge is 0.313 e. The van der Waals surface area contributed by atoms with Crippen molar-refractivity contribution in [3.05, 3.63) is 74.6 Å². The minimum absolute atomic E-state index is 0.0636. The van der Waals surface area contributed by atoms with E-state index in [1.54, 1.807) is 30.3 Å². The first kappa shape index (κ1) is 19.5. The van der Waals surface area contributed by atoms with Crippen LogP contribution in [-0.4, -0.2) is 9.49 Å². The second-order valence-electron chi connectivity index (χ2n) is 7.29. The number of thiazole rings is 1. The van der Waals surface area contributed by atoms with Crippen LogP contribution in [-0.2, 0) is 0 Å². The number of benzene rings is 2. The number of hydrogen-bond donors (Lipinski definition) is 0. The molecule has 0 amide bonds. The molecule has 1 aliphatic rings. The lowest BCUT2D eigenvalue weighted by Gasteiger charge is -2.20. The van der Waals surface area contributed by atoms with E-state index in [0.717, 1.165) is 41.7 Å². The standard InChI is InChI=1S/C22H22FN3O2S/c23-19-12-5-6-13-20(19)24-22-25(17-9-3-1-2-4-10-17)21(15-29-22)16-8-7-11-18(14-16)26(27)28/h5-8,11-15,17H,1-4,9-10H2. The second kappa shape index (κ2) is 8.69. The topological polar surface area (TPSA) is 60.4 Å². The van der Waals surface area contributed by atoms with Crippen LogP contribution in [0.3, 0.4) is 0 Å². The zero-order valence-electron chi connectivity index (χ0n) is 16.0. The monoisotopic (exact) mass is 411 g/mol. The minimum Gasteiger partial charge on any atom is -0.313 e. The van der Waals surface area contributed by atoms with Gasteiger partial charge in [0.15, 0.2) is 4.80 Å². The third-order valence-electron chi connectivity index (χ3n) is 5.35. The van der Waals surface area contributed by atoms with Gasteiger partial charge >= 0.3 is 0 Å². The normalized spacial score (nSPS) is 16.0. The summed E-state index contributed by atoms with van der Waals surface area (Å²) >= 11 is 1.45. The Labute approximate surface area is 172 Å². The summed E-state index contributed by atoms with van der Waals surface area (Å²) in [5.74, 6) is -0.356. The highest BCUT2D eigenvalue weighted by Crippen LogP contribution is 2.33. The lowest BCUT2D eigenvalue weighted by molar-refractivity contribution is -0.384. The molecule has 0 bridgehead atoms. The van der Waals surface area contributed by atoms with E-state index in [2.05, 4.69) is 9.56 Å². The molecular weight excluding hydrogens is 389 g/mol. The van der Waals surface area contributed by atoms with E-state index in [1.165, 1.54) is 36.3 Å². The van der Waals surface area contributed by atoms with Gasteiger partial charge in [0.1, 0.15) is 11.5 Å². The van der Waals surface area contributed by atoms with Gasteiger partial charge in [-0.2, -0.15) is 0 Å². The summed E-state index contributed by atoms with van der Waals surface area (Å²) in [5.41, 5.74) is 2.06. The van der Waals surface area contributed by atoms with E-state index in [0.29, 0.717) is 5.69 Å². The van der Waals surface area contributed by atoms with Gasteiger partial charge < -0.3 is 4.57 Å². The first-order valence-electron chi connectivity index (χ1n) is 9.87. The molecule has 0 saturated heterocycles. The molecule has 1 aliphatic carbocycles. The number of hydrogen-bond acceptors (Lipinski definition) is 4. The molecule has 0 unspecified atom stereocenters. The van der Waals surface area contributed by atoms with Gasteiger partial charge in [-0.25, -0.2) is 9.38 Å². The maximum absolute atomic E-state index is 14.2. The Kier molecular flexibility index (Phi) is 5.85. The fourth-order valence-corrected chi connectivity index (χ4v) is 4.88. The van der Waals surface area contributed by atoms with Crippen LogP contribution in [0, 0.1) is 15.9 Å². The highest BCUT2D eigenvalue weighted by molar-refractivity contribution is 7.07. The van der Waals surface area contributed by atoms with Crippen molar-refractivity contribution in [2.24, 2.45) is 4.99 Å². The van der Waals surface area contributed by atoms with Gasteiger partial charge in [-0.15, -0.1) is 11.3 Å². The molecular formula is C22H22FN3O2S. The third kappa shape index (κ3) is 4.29. The van der Waals surface area contributed by atoms with Gasteiger partial charge in [-0.05, 0) is 25.0 Å². The van der Waals surface area contributed by atoms with Crippen LogP contribution in [0.15, 0.2) is 58.9 Å². The highest BCUT2D eigenvalue weighted by atomic mass is 32.1. The average Bonchev–Trinajstić information content (AvgIpc) is 2.95. The zero-order chi connectivity index (χ0) is 20.2. The lowest BCUT2D eigenvalue weighted by Crippen LogP contribution is -2.21. The molecule has 1 saturated carbocycles. The van der Waals surface area contributed by atoms with Crippen molar-refractivity contribution in [1.29, 1.82) is 0 Å². The number of nitro groups is 1. The van der Waals surface area contributed by atoms with E-state index in [-0.39, 0.29) is 22.5 Å². The maximum atomic E-state index is 14.2. The number of para-hydroxylation sites is 1. The Morgan fingerprint density at radius 2 is 1.83 bits per heavy atom. The number of non-ortho nitro benzene ring substituents is 1. The Hall–Kier alpha value is -2.80. The molecule has 7 heteroatoms. The summed E-state index contributed by atoms with van der Waals surface area (Å²) in [7, 11) is 0. The van der Waals surface area contributed by atoms with Crippen molar-refractivity contribution in [3.8, 4) is 11.3 Å². The molecule has 0 radical (unpaired) electrons. The van der Waals surface area contributed by atoms with Crippen molar-refractivity contribution in [3.63, 3.8) is 0 Å². The van der Waals surface area contributed by atoms with Gasteiger partial charge in [0.2, 0.25) is 0 Å². The van der Waals surface area contributed by atoms with E-state index >= 15 is 0 Å². The third-order valence-corrected chi connectivity index (χ3v) is 6.19. The number of halogens is 1. The fourth-order valence-electron chi connectivity index (χ4n) is 3.91. The first-order valence-corrected chi connectivity index (χ1v) is 10.8. The molecule has 0 spiro atoms. The molecule has 3 aromatic rings. The Balaban J connectivity index is 1.88. The quantitative estimate of drug-likeness (QED) is 0.284. The average molecular weight is 412 g/mol. The molecule has 0 atom stereocenters. The summed E-state index contributed by atoms with van der Waals surface area (Å²) in [5, 5.41) is 13.2. The van der Waals surface area contributed by atoms with Crippen LogP contribution in [0.25, 0.3) is 11.3 Å². The molecule has 0 aliphatic heterocycles. The van der Waals surface area contributed by atoms with Crippen molar-refractivity contribution >= 4 is 22.7 Å². The summed E-state index contributed by atoms with van der Waals surface area (Å²) in [6.07, 6.45) is 6.77. The van der Waals surface area contributed by atoms with Crippen LogP contribution >= 0.6 is 11.3 Å². The number of aromatic nitrogens is 1. The van der Waals surface area contributed by atoms with Gasteiger partial charge in [0.05, 0.1) is 10.6 Å². The molecule has 0 N–H and O–H groups in total. The summed E-state index contributed by atoms with van der Waals surface area (Å²) < 4.78 is 16.4. The predicted octanol–water partition coefficient (Wildman–Crippen LogP) is 6.39. The van der Waals surface area contributed by atoms with Crippen LogP contribution in [0.2, 0.25) is 0 Å². The smallest absolute Gasteiger partial charge is 0.270 e. The maximum Gasteiger partial charge on any atom is 0.270 e. The minimum atomic E-state index is -0.378. The molecule has 5 nitrogen and oxygen atoms in total. The fraction of sp³-hybridized carbons (Fsp3) is 0.318. The SMILES string of the molecule is O=[N+]([O-])c1cccc(-c2csc(=Nc3ccccc3F)n2C2CCCCCC2)c1. The van der Waals surface area contributed by atoms with Crippen LogP contribution in [0.5, 0.6) is 0 Å². The van der Waals surface area contributed by atoms with Gasteiger partial charge in [-0.3, -0.25) is 10.1 Å². The molecule has 1 fully saturated rings. The molecule has 1 heterocycles. The molecule has 1 aromatic heterocycles. The predicted molar refractivity (Wildman–Crippen MR) is 113 cm³/mol. The van der Waals surface area contributed by atoms with Crippen LogP contribution in [0.1, 0.15) is 44.6 Å². The molecule has 2 aromatic carbocycles. The highest BCUT2D eigenvalue weighted by Gasteiger charge is 2.20.